The molecule has 0 bridgehead atoms. The first-order valence-corrected chi connectivity index (χ1v) is 3.94. The number of carbonyl (C=O) groups is 1. The van der Waals surface area contributed by atoms with Gasteiger partial charge in [-0.3, -0.25) is 4.98 Å². The summed E-state index contributed by atoms with van der Waals surface area (Å²) in [5.74, 6) is -0.946. The predicted molar refractivity (Wildman–Crippen MR) is 50.4 cm³/mol. The molecule has 1 heterocycles. The topological polar surface area (TPSA) is 50.2 Å². The molecule has 0 aromatic carbocycles. The van der Waals surface area contributed by atoms with Crippen molar-refractivity contribution in [2.24, 2.45) is 0 Å². The lowest BCUT2D eigenvalue weighted by Gasteiger charge is -1.98. The fourth-order valence-corrected chi connectivity index (χ4v) is 0.924. The van der Waals surface area contributed by atoms with Crippen molar-refractivity contribution >= 4 is 12.0 Å². The van der Waals surface area contributed by atoms with Crippen molar-refractivity contribution in [1.29, 1.82) is 0 Å². The number of aryl methyl sites for hydroxylation is 2. The first-order valence-electron chi connectivity index (χ1n) is 3.94. The van der Waals surface area contributed by atoms with Gasteiger partial charge in [-0.25, -0.2) is 4.79 Å². The fraction of sp³-hybridized carbons (Fsp3) is 0.200. The van der Waals surface area contributed by atoms with E-state index in [1.165, 1.54) is 6.08 Å². The fourth-order valence-electron chi connectivity index (χ4n) is 0.924. The van der Waals surface area contributed by atoms with Crippen LogP contribution in [0.5, 0.6) is 0 Å². The van der Waals surface area contributed by atoms with Crippen molar-refractivity contribution in [2.45, 2.75) is 13.8 Å². The highest BCUT2D eigenvalue weighted by Gasteiger charge is 1.94. The third-order valence-electron chi connectivity index (χ3n) is 1.78. The second kappa shape index (κ2) is 3.85. The number of nitrogens with zero attached hydrogens (tertiary/aromatic N) is 1. The maximum Gasteiger partial charge on any atom is 0.328 e. The smallest absolute Gasteiger partial charge is 0.328 e. The van der Waals surface area contributed by atoms with Crippen molar-refractivity contribution in [3.05, 3.63) is 35.2 Å². The Kier molecular flexibility index (Phi) is 2.80. The lowest BCUT2D eigenvalue weighted by molar-refractivity contribution is -0.131. The van der Waals surface area contributed by atoms with Crippen molar-refractivity contribution in [2.75, 3.05) is 0 Å². The zero-order valence-corrected chi connectivity index (χ0v) is 7.61. The van der Waals surface area contributed by atoms with E-state index in [0.717, 1.165) is 22.9 Å². The molecule has 0 aliphatic heterocycles. The molecule has 1 aromatic heterocycles. The first-order chi connectivity index (χ1) is 6.09. The van der Waals surface area contributed by atoms with Crippen LogP contribution in [0.1, 0.15) is 16.8 Å². The molecule has 13 heavy (non-hydrogen) atoms. The van der Waals surface area contributed by atoms with Gasteiger partial charge in [0.05, 0.1) is 0 Å². The van der Waals surface area contributed by atoms with E-state index in [4.69, 9.17) is 5.11 Å². The number of carboxylic acid groups (broad SMARTS) is 1. The molecule has 0 amide bonds. The number of hydrogen-bond acceptors (Lipinski definition) is 2. The van der Waals surface area contributed by atoms with E-state index in [-0.39, 0.29) is 0 Å². The minimum absolute atomic E-state index is 0.811. The standard InChI is InChI=1S/C10H11NO2/c1-7-5-9(3-4-10(12)13)6-11-8(7)2/h3-6H,1-2H3,(H,12,13)/b4-3+. The van der Waals surface area contributed by atoms with Gasteiger partial charge in [-0.05, 0) is 37.1 Å². The quantitative estimate of drug-likeness (QED) is 0.701. The number of rotatable bonds is 2. The van der Waals surface area contributed by atoms with Gasteiger partial charge in [0.25, 0.3) is 0 Å². The van der Waals surface area contributed by atoms with Gasteiger partial charge in [-0.2, -0.15) is 0 Å². The minimum atomic E-state index is -0.946. The molecule has 0 aliphatic rings. The van der Waals surface area contributed by atoms with Crippen LogP contribution >= 0.6 is 0 Å². The molecule has 1 N–H and O–H groups in total. The summed E-state index contributed by atoms with van der Waals surface area (Å²) in [6.07, 6.45) is 4.29. The number of carboxylic acids is 1. The average molecular weight is 177 g/mol. The molecule has 3 nitrogen and oxygen atoms in total. The van der Waals surface area contributed by atoms with Gasteiger partial charge in [0.15, 0.2) is 0 Å². The number of aromatic nitrogens is 1. The molecule has 0 spiro atoms. The van der Waals surface area contributed by atoms with Gasteiger partial charge in [-0.15, -0.1) is 0 Å². The molecular weight excluding hydrogens is 166 g/mol. The highest BCUT2D eigenvalue weighted by Crippen LogP contribution is 2.07. The molecular formula is C10H11NO2. The molecule has 3 heteroatoms. The molecule has 0 saturated carbocycles. The third-order valence-corrected chi connectivity index (χ3v) is 1.78. The van der Waals surface area contributed by atoms with E-state index >= 15 is 0 Å². The number of hydrogen-bond donors (Lipinski definition) is 1. The minimum Gasteiger partial charge on any atom is -0.478 e. The lowest BCUT2D eigenvalue weighted by Crippen LogP contribution is -1.89. The van der Waals surface area contributed by atoms with E-state index in [9.17, 15) is 4.79 Å². The number of aliphatic carboxylic acids is 1. The van der Waals surface area contributed by atoms with Crippen LogP contribution in [0.4, 0.5) is 0 Å². The van der Waals surface area contributed by atoms with Crippen molar-refractivity contribution in [3.63, 3.8) is 0 Å². The summed E-state index contributed by atoms with van der Waals surface area (Å²) in [5, 5.41) is 8.39. The molecule has 0 atom stereocenters. The monoisotopic (exact) mass is 177 g/mol. The third kappa shape index (κ3) is 2.71. The molecule has 0 aliphatic carbocycles. The summed E-state index contributed by atoms with van der Waals surface area (Å²) in [4.78, 5) is 14.3. The van der Waals surface area contributed by atoms with Crippen LogP contribution in [0.25, 0.3) is 6.08 Å². The zero-order valence-electron chi connectivity index (χ0n) is 7.61. The van der Waals surface area contributed by atoms with E-state index in [1.54, 1.807) is 6.20 Å². The maximum atomic E-state index is 10.2. The molecule has 0 fully saturated rings. The van der Waals surface area contributed by atoms with Gasteiger partial charge in [0.1, 0.15) is 0 Å². The van der Waals surface area contributed by atoms with Crippen LogP contribution in [-0.4, -0.2) is 16.1 Å². The Morgan fingerprint density at radius 1 is 1.54 bits per heavy atom. The SMILES string of the molecule is Cc1cc(/C=C/C(=O)O)cnc1C. The Labute approximate surface area is 76.7 Å². The van der Waals surface area contributed by atoms with Gasteiger partial charge < -0.3 is 5.11 Å². The van der Waals surface area contributed by atoms with Crippen molar-refractivity contribution in [1.82, 2.24) is 4.98 Å². The highest BCUT2D eigenvalue weighted by molar-refractivity contribution is 5.85. The largest absolute Gasteiger partial charge is 0.478 e. The highest BCUT2D eigenvalue weighted by atomic mass is 16.4. The Bertz CT molecular complexity index is 356. The van der Waals surface area contributed by atoms with E-state index in [2.05, 4.69) is 4.98 Å². The van der Waals surface area contributed by atoms with Crippen LogP contribution < -0.4 is 0 Å². The summed E-state index contributed by atoms with van der Waals surface area (Å²) >= 11 is 0. The maximum absolute atomic E-state index is 10.2. The molecule has 0 saturated heterocycles. The molecule has 1 aromatic rings. The van der Waals surface area contributed by atoms with Crippen LogP contribution in [-0.2, 0) is 4.79 Å². The van der Waals surface area contributed by atoms with Crippen LogP contribution in [0.15, 0.2) is 18.3 Å². The summed E-state index contributed by atoms with van der Waals surface area (Å²) < 4.78 is 0. The van der Waals surface area contributed by atoms with E-state index in [1.807, 2.05) is 19.9 Å². The number of pyridine rings is 1. The van der Waals surface area contributed by atoms with E-state index in [0.29, 0.717) is 0 Å². The Morgan fingerprint density at radius 3 is 2.77 bits per heavy atom. The first kappa shape index (κ1) is 9.45. The van der Waals surface area contributed by atoms with Gasteiger partial charge in [0.2, 0.25) is 0 Å². The summed E-state index contributed by atoms with van der Waals surface area (Å²) in [6, 6.07) is 1.90. The van der Waals surface area contributed by atoms with Crippen molar-refractivity contribution < 1.29 is 9.90 Å². The summed E-state index contributed by atoms with van der Waals surface area (Å²) in [5.41, 5.74) is 2.84. The summed E-state index contributed by atoms with van der Waals surface area (Å²) in [7, 11) is 0. The lowest BCUT2D eigenvalue weighted by atomic mass is 10.1. The second-order valence-corrected chi connectivity index (χ2v) is 2.84. The van der Waals surface area contributed by atoms with Crippen LogP contribution in [0.2, 0.25) is 0 Å². The van der Waals surface area contributed by atoms with Gasteiger partial charge >= 0.3 is 5.97 Å². The van der Waals surface area contributed by atoms with Gasteiger partial charge in [0, 0.05) is 18.0 Å². The Morgan fingerprint density at radius 2 is 2.23 bits per heavy atom. The predicted octanol–water partition coefficient (Wildman–Crippen LogP) is 1.80. The average Bonchev–Trinajstić information content (AvgIpc) is 2.07. The Hall–Kier alpha value is -1.64. The van der Waals surface area contributed by atoms with Crippen LogP contribution in [0.3, 0.4) is 0 Å². The molecule has 1 rings (SSSR count). The van der Waals surface area contributed by atoms with Gasteiger partial charge in [-0.1, -0.05) is 0 Å². The zero-order chi connectivity index (χ0) is 9.84. The van der Waals surface area contributed by atoms with E-state index < -0.39 is 5.97 Å². The molecule has 0 unspecified atom stereocenters. The van der Waals surface area contributed by atoms with Crippen molar-refractivity contribution in [3.8, 4) is 0 Å². The Balaban J connectivity index is 2.92. The molecule has 68 valence electrons. The second-order valence-electron chi connectivity index (χ2n) is 2.84. The molecule has 0 radical (unpaired) electrons. The normalized spacial score (nSPS) is 10.6. The summed E-state index contributed by atoms with van der Waals surface area (Å²) in [6.45, 7) is 3.86. The van der Waals surface area contributed by atoms with Crippen LogP contribution in [0, 0.1) is 13.8 Å².